The maximum Gasteiger partial charge on any atom is 0.496 e. The van der Waals surface area contributed by atoms with Gasteiger partial charge >= 0.3 is 7.12 Å². The van der Waals surface area contributed by atoms with Crippen molar-refractivity contribution in [3.05, 3.63) is 22.7 Å². The molecule has 0 radical (unpaired) electrons. The summed E-state index contributed by atoms with van der Waals surface area (Å²) in [5.41, 5.74) is 0.336. The Hall–Kier alpha value is -0.515. The zero-order valence-electron chi connectivity index (χ0n) is 11.4. The summed E-state index contributed by atoms with van der Waals surface area (Å²) in [5, 5.41) is 0. The molecule has 0 spiro atoms. The molecular formula is C13H18BBrO3. The van der Waals surface area contributed by atoms with Crippen molar-refractivity contribution in [2.45, 2.75) is 38.9 Å². The number of hydrogen-bond donors (Lipinski definition) is 0. The van der Waals surface area contributed by atoms with E-state index in [4.69, 9.17) is 14.0 Å². The zero-order chi connectivity index (χ0) is 13.6. The largest absolute Gasteiger partial charge is 0.497 e. The molecular weight excluding hydrogens is 295 g/mol. The molecule has 0 aromatic heterocycles. The van der Waals surface area contributed by atoms with Gasteiger partial charge in [0.05, 0.1) is 18.3 Å². The number of ether oxygens (including phenoxy) is 1. The number of rotatable bonds is 2. The van der Waals surface area contributed by atoms with Crippen LogP contribution in [0.4, 0.5) is 0 Å². The third-order valence-electron chi connectivity index (χ3n) is 3.71. The second-order valence-electron chi connectivity index (χ2n) is 5.48. The van der Waals surface area contributed by atoms with Crippen LogP contribution < -0.4 is 10.2 Å². The van der Waals surface area contributed by atoms with Crippen molar-refractivity contribution >= 4 is 28.5 Å². The Morgan fingerprint density at radius 1 is 1.11 bits per heavy atom. The van der Waals surface area contributed by atoms with E-state index in [1.807, 2.05) is 45.9 Å². The van der Waals surface area contributed by atoms with Crippen LogP contribution in [0.1, 0.15) is 27.7 Å². The van der Waals surface area contributed by atoms with E-state index in [1.54, 1.807) is 7.11 Å². The van der Waals surface area contributed by atoms with Crippen molar-refractivity contribution in [1.29, 1.82) is 0 Å². The van der Waals surface area contributed by atoms with Crippen molar-refractivity contribution < 1.29 is 14.0 Å². The molecule has 0 unspecified atom stereocenters. The molecule has 18 heavy (non-hydrogen) atoms. The SMILES string of the molecule is COc1ccc(B2OC(C)(C)C(C)(C)O2)c(Br)c1. The van der Waals surface area contributed by atoms with E-state index < -0.39 is 0 Å². The zero-order valence-corrected chi connectivity index (χ0v) is 13.0. The van der Waals surface area contributed by atoms with Gasteiger partial charge in [0.2, 0.25) is 0 Å². The average Bonchev–Trinajstić information content (AvgIpc) is 2.47. The number of halogens is 1. The third kappa shape index (κ3) is 2.31. The number of benzene rings is 1. The van der Waals surface area contributed by atoms with E-state index in [9.17, 15) is 0 Å². The van der Waals surface area contributed by atoms with Crippen LogP contribution in [0.15, 0.2) is 22.7 Å². The minimum absolute atomic E-state index is 0.322. The maximum atomic E-state index is 6.01. The summed E-state index contributed by atoms with van der Waals surface area (Å²) in [7, 11) is 1.30. The molecule has 5 heteroatoms. The van der Waals surface area contributed by atoms with Gasteiger partial charge < -0.3 is 14.0 Å². The standard InChI is InChI=1S/C13H18BBrO3/c1-12(2)13(3,4)18-14(17-12)10-7-6-9(16-5)8-11(10)15/h6-8H,1-5H3. The predicted octanol–water partition coefficient (Wildman–Crippen LogP) is 2.76. The van der Waals surface area contributed by atoms with E-state index in [0.717, 1.165) is 15.7 Å². The van der Waals surface area contributed by atoms with Crippen molar-refractivity contribution in [1.82, 2.24) is 0 Å². The van der Waals surface area contributed by atoms with Gasteiger partial charge in [-0.1, -0.05) is 22.0 Å². The van der Waals surface area contributed by atoms with Crippen molar-refractivity contribution in [2.75, 3.05) is 7.11 Å². The number of methoxy groups -OCH3 is 1. The molecule has 1 heterocycles. The highest BCUT2D eigenvalue weighted by molar-refractivity contribution is 9.10. The van der Waals surface area contributed by atoms with Gasteiger partial charge in [-0.2, -0.15) is 0 Å². The first-order valence-electron chi connectivity index (χ1n) is 5.96. The lowest BCUT2D eigenvalue weighted by atomic mass is 9.79. The lowest BCUT2D eigenvalue weighted by molar-refractivity contribution is 0.00578. The highest BCUT2D eigenvalue weighted by Gasteiger charge is 2.52. The van der Waals surface area contributed by atoms with Gasteiger partial charge in [-0.25, -0.2) is 0 Å². The minimum atomic E-state index is -0.352. The quantitative estimate of drug-likeness (QED) is 0.786. The second kappa shape index (κ2) is 4.55. The Kier molecular flexibility index (Phi) is 3.51. The smallest absolute Gasteiger partial charge is 0.496 e. The molecule has 0 atom stereocenters. The molecule has 2 rings (SSSR count). The fourth-order valence-electron chi connectivity index (χ4n) is 1.80. The van der Waals surface area contributed by atoms with E-state index >= 15 is 0 Å². The monoisotopic (exact) mass is 312 g/mol. The van der Waals surface area contributed by atoms with Crippen LogP contribution >= 0.6 is 15.9 Å². The van der Waals surface area contributed by atoms with Crippen LogP contribution in [0.5, 0.6) is 5.75 Å². The Morgan fingerprint density at radius 3 is 2.11 bits per heavy atom. The van der Waals surface area contributed by atoms with E-state index in [0.29, 0.717) is 0 Å². The molecule has 98 valence electrons. The molecule has 0 amide bonds. The first-order chi connectivity index (χ1) is 8.27. The van der Waals surface area contributed by atoms with E-state index in [-0.39, 0.29) is 18.3 Å². The fraction of sp³-hybridized carbons (Fsp3) is 0.538. The second-order valence-corrected chi connectivity index (χ2v) is 6.33. The summed E-state index contributed by atoms with van der Waals surface area (Å²) in [6, 6.07) is 5.79. The molecule has 1 aromatic carbocycles. The Bertz CT molecular complexity index is 444. The summed E-state index contributed by atoms with van der Waals surface area (Å²) in [4.78, 5) is 0. The van der Waals surface area contributed by atoms with Crippen LogP contribution in [0.2, 0.25) is 0 Å². The molecule has 0 aliphatic carbocycles. The van der Waals surface area contributed by atoms with Crippen LogP contribution in [0.25, 0.3) is 0 Å². The lowest BCUT2D eigenvalue weighted by Gasteiger charge is -2.32. The molecule has 0 bridgehead atoms. The average molecular weight is 313 g/mol. The molecule has 1 aliphatic rings. The van der Waals surface area contributed by atoms with E-state index in [1.165, 1.54) is 0 Å². The Balaban J connectivity index is 2.30. The van der Waals surface area contributed by atoms with Gasteiger partial charge in [-0.05, 0) is 45.3 Å². The first-order valence-corrected chi connectivity index (χ1v) is 6.75. The van der Waals surface area contributed by atoms with Gasteiger partial charge in [0.1, 0.15) is 5.75 Å². The Morgan fingerprint density at radius 2 is 1.67 bits per heavy atom. The normalized spacial score (nSPS) is 21.1. The number of hydrogen-bond acceptors (Lipinski definition) is 3. The van der Waals surface area contributed by atoms with Gasteiger partial charge in [-0.15, -0.1) is 0 Å². The molecule has 3 nitrogen and oxygen atoms in total. The summed E-state index contributed by atoms with van der Waals surface area (Å²) >= 11 is 3.53. The molecule has 1 aromatic rings. The highest BCUT2D eigenvalue weighted by Crippen LogP contribution is 2.37. The lowest BCUT2D eigenvalue weighted by Crippen LogP contribution is -2.41. The third-order valence-corrected chi connectivity index (χ3v) is 4.40. The van der Waals surface area contributed by atoms with E-state index in [2.05, 4.69) is 15.9 Å². The van der Waals surface area contributed by atoms with Crippen LogP contribution in [0.3, 0.4) is 0 Å². The van der Waals surface area contributed by atoms with Gasteiger partial charge in [0, 0.05) is 4.47 Å². The highest BCUT2D eigenvalue weighted by atomic mass is 79.9. The fourth-order valence-corrected chi connectivity index (χ4v) is 2.34. The maximum absolute atomic E-state index is 6.01. The van der Waals surface area contributed by atoms with Crippen LogP contribution in [-0.4, -0.2) is 25.4 Å². The molecule has 0 saturated carbocycles. The summed E-state index contributed by atoms with van der Waals surface area (Å²) in [5.74, 6) is 0.808. The molecule has 1 fully saturated rings. The van der Waals surface area contributed by atoms with Gasteiger partial charge in [0.25, 0.3) is 0 Å². The topological polar surface area (TPSA) is 27.7 Å². The van der Waals surface area contributed by atoms with Crippen LogP contribution in [-0.2, 0) is 9.31 Å². The summed E-state index contributed by atoms with van der Waals surface area (Å²) < 4.78 is 18.1. The van der Waals surface area contributed by atoms with Gasteiger partial charge in [-0.3, -0.25) is 0 Å². The minimum Gasteiger partial charge on any atom is -0.497 e. The predicted molar refractivity (Wildman–Crippen MR) is 76.4 cm³/mol. The van der Waals surface area contributed by atoms with Crippen molar-refractivity contribution in [3.8, 4) is 5.75 Å². The van der Waals surface area contributed by atoms with Gasteiger partial charge in [0.15, 0.2) is 0 Å². The van der Waals surface area contributed by atoms with Crippen molar-refractivity contribution in [3.63, 3.8) is 0 Å². The molecule has 1 aliphatic heterocycles. The summed E-state index contributed by atoms with van der Waals surface area (Å²) in [6.07, 6.45) is 0. The van der Waals surface area contributed by atoms with Crippen LogP contribution in [0, 0.1) is 0 Å². The molecule has 0 N–H and O–H groups in total. The van der Waals surface area contributed by atoms with Crippen molar-refractivity contribution in [2.24, 2.45) is 0 Å². The molecule has 1 saturated heterocycles. The summed E-state index contributed by atoms with van der Waals surface area (Å²) in [6.45, 7) is 8.18. The Labute approximate surface area is 117 Å². The first kappa shape index (κ1) is 13.9.